The normalized spacial score (nSPS) is 14.6. The Morgan fingerprint density at radius 3 is 2.12 bits per heavy atom. The van der Waals surface area contributed by atoms with E-state index in [1.807, 2.05) is 0 Å². The van der Waals surface area contributed by atoms with E-state index in [-0.39, 0.29) is 0 Å². The van der Waals surface area contributed by atoms with Crippen molar-refractivity contribution in [1.82, 2.24) is 0 Å². The summed E-state index contributed by atoms with van der Waals surface area (Å²) in [6.45, 7) is 6.74. The van der Waals surface area contributed by atoms with Crippen molar-refractivity contribution in [2.75, 3.05) is 0 Å². The van der Waals surface area contributed by atoms with Crippen molar-refractivity contribution in [2.45, 2.75) is 58.5 Å². The Kier molecular flexibility index (Phi) is 6.28. The molecule has 0 aliphatic rings. The van der Waals surface area contributed by atoms with E-state index in [9.17, 15) is 0 Å². The first-order chi connectivity index (χ1) is 8.10. The van der Waals surface area contributed by atoms with Gasteiger partial charge in [0.1, 0.15) is 0 Å². The van der Waals surface area contributed by atoms with Crippen molar-refractivity contribution in [2.24, 2.45) is 0 Å². The Hall–Kier alpha value is -0.273. The second-order valence-corrected chi connectivity index (χ2v) is 11.1. The highest BCUT2D eigenvalue weighted by Crippen LogP contribution is 2.19. The molecule has 0 spiro atoms. The van der Waals surface area contributed by atoms with Crippen LogP contribution in [0.3, 0.4) is 0 Å². The van der Waals surface area contributed by atoms with Crippen molar-refractivity contribution in [3.8, 4) is 0 Å². The Morgan fingerprint density at radius 1 is 1.00 bits per heavy atom. The van der Waals surface area contributed by atoms with Crippen LogP contribution >= 0.6 is 11.1 Å². The van der Waals surface area contributed by atoms with Gasteiger partial charge in [-0.25, -0.2) is 0 Å². The van der Waals surface area contributed by atoms with Crippen molar-refractivity contribution < 1.29 is 0 Å². The van der Waals surface area contributed by atoms with Gasteiger partial charge in [0, 0.05) is 0 Å². The van der Waals surface area contributed by atoms with E-state index in [1.54, 1.807) is 0 Å². The molecule has 0 bridgehead atoms. The number of unbranched alkanes of at least 4 members (excludes halogenated alkanes) is 2. The fourth-order valence-corrected chi connectivity index (χ4v) is 5.00. The van der Waals surface area contributed by atoms with Crippen LogP contribution in [0.5, 0.6) is 0 Å². The highest BCUT2D eigenvalue weighted by atomic mass is 35.6. The number of hydrogen-bond acceptors (Lipinski definition) is 0. The summed E-state index contributed by atoms with van der Waals surface area (Å²) >= 11 is 6.74. The lowest BCUT2D eigenvalue weighted by molar-refractivity contribution is 0.795. The van der Waals surface area contributed by atoms with Gasteiger partial charge >= 0.3 is 0 Å². The molecule has 0 nitrogen and oxygen atoms in total. The van der Waals surface area contributed by atoms with E-state index in [4.69, 9.17) is 11.1 Å². The van der Waals surface area contributed by atoms with Crippen LogP contribution in [0.4, 0.5) is 0 Å². The predicted octanol–water partition coefficient (Wildman–Crippen LogP) is 4.85. The second-order valence-electron chi connectivity index (χ2n) is 5.10. The molecular formula is C15H25ClSi. The van der Waals surface area contributed by atoms with Crippen molar-refractivity contribution >= 4 is 23.6 Å². The average Bonchev–Trinajstić information content (AvgIpc) is 2.34. The van der Waals surface area contributed by atoms with Crippen LogP contribution in [0.1, 0.15) is 45.1 Å². The molecule has 0 saturated heterocycles. The van der Waals surface area contributed by atoms with Gasteiger partial charge in [0.2, 0.25) is 0 Å². The Bertz CT molecular complexity index is 316. The van der Waals surface area contributed by atoms with E-state index in [0.717, 1.165) is 0 Å². The topological polar surface area (TPSA) is 0 Å². The monoisotopic (exact) mass is 268 g/mol. The lowest BCUT2D eigenvalue weighted by Crippen LogP contribution is -2.38. The number of halogens is 1. The van der Waals surface area contributed by atoms with E-state index < -0.39 is 7.38 Å². The summed E-state index contributed by atoms with van der Waals surface area (Å²) in [6.07, 6.45) is 6.24. The summed E-state index contributed by atoms with van der Waals surface area (Å²) < 4.78 is 0. The lowest BCUT2D eigenvalue weighted by Gasteiger charge is -2.19. The highest BCUT2D eigenvalue weighted by Gasteiger charge is 2.25. The number of rotatable bonds is 7. The maximum absolute atomic E-state index is 6.74. The van der Waals surface area contributed by atoms with E-state index >= 15 is 0 Å². The van der Waals surface area contributed by atoms with Gasteiger partial charge in [0.15, 0.2) is 7.38 Å². The SMILES string of the molecule is CCCCc1ccc([Si](C)(Cl)CCCC)cc1. The third kappa shape index (κ3) is 4.85. The molecule has 1 rings (SSSR count). The molecule has 0 heterocycles. The lowest BCUT2D eigenvalue weighted by atomic mass is 10.1. The minimum absolute atomic E-state index is 1.19. The Labute approximate surface area is 112 Å². The standard InChI is InChI=1S/C15H25ClSi/c1-4-6-8-14-9-11-15(12-10-14)17(3,16)13-7-5-2/h9-12H,4-8,13H2,1-3H3. The minimum atomic E-state index is -1.68. The van der Waals surface area contributed by atoms with Crippen LogP contribution in [0.25, 0.3) is 0 Å². The van der Waals surface area contributed by atoms with E-state index in [0.29, 0.717) is 0 Å². The molecule has 1 aromatic rings. The maximum atomic E-state index is 6.74. The molecule has 1 atom stereocenters. The van der Waals surface area contributed by atoms with Crippen molar-refractivity contribution in [3.63, 3.8) is 0 Å². The molecular weight excluding hydrogens is 244 g/mol. The number of hydrogen-bond donors (Lipinski definition) is 0. The van der Waals surface area contributed by atoms with Gasteiger partial charge in [-0.3, -0.25) is 0 Å². The van der Waals surface area contributed by atoms with Gasteiger partial charge in [0.05, 0.1) is 0 Å². The number of benzene rings is 1. The molecule has 96 valence electrons. The van der Waals surface area contributed by atoms with Gasteiger partial charge in [-0.2, -0.15) is 11.1 Å². The Morgan fingerprint density at radius 2 is 1.59 bits per heavy atom. The van der Waals surface area contributed by atoms with E-state index in [1.165, 1.54) is 48.9 Å². The van der Waals surface area contributed by atoms with Gasteiger partial charge in [-0.05, 0) is 29.6 Å². The van der Waals surface area contributed by atoms with Crippen LogP contribution in [-0.2, 0) is 6.42 Å². The first-order valence-electron chi connectivity index (χ1n) is 6.88. The molecule has 0 fully saturated rings. The van der Waals surface area contributed by atoms with Crippen LogP contribution in [0, 0.1) is 0 Å². The fourth-order valence-electron chi connectivity index (χ4n) is 2.05. The molecule has 17 heavy (non-hydrogen) atoms. The summed E-state index contributed by atoms with van der Waals surface area (Å²) in [5.41, 5.74) is 1.45. The third-order valence-electron chi connectivity index (χ3n) is 3.37. The predicted molar refractivity (Wildman–Crippen MR) is 81.9 cm³/mol. The minimum Gasteiger partial charge on any atom is -0.161 e. The van der Waals surface area contributed by atoms with E-state index in [2.05, 4.69) is 44.7 Å². The zero-order valence-electron chi connectivity index (χ0n) is 11.4. The maximum Gasteiger partial charge on any atom is 0.183 e. The molecule has 0 radical (unpaired) electrons. The first-order valence-corrected chi connectivity index (χ1v) is 10.6. The Balaban J connectivity index is 2.65. The molecule has 0 saturated carbocycles. The van der Waals surface area contributed by atoms with Crippen molar-refractivity contribution in [1.29, 1.82) is 0 Å². The smallest absolute Gasteiger partial charge is 0.161 e. The van der Waals surface area contributed by atoms with Crippen LogP contribution in [0.2, 0.25) is 12.6 Å². The van der Waals surface area contributed by atoms with Gasteiger partial charge in [-0.15, -0.1) is 0 Å². The summed E-state index contributed by atoms with van der Waals surface area (Å²) in [5.74, 6) is 0. The molecule has 1 unspecified atom stereocenters. The van der Waals surface area contributed by atoms with Gasteiger partial charge < -0.3 is 0 Å². The molecule has 0 aliphatic carbocycles. The molecule has 2 heteroatoms. The molecule has 0 N–H and O–H groups in total. The van der Waals surface area contributed by atoms with Crippen molar-refractivity contribution in [3.05, 3.63) is 29.8 Å². The van der Waals surface area contributed by atoms with Gasteiger partial charge in [0.25, 0.3) is 0 Å². The molecule has 1 aromatic carbocycles. The van der Waals surface area contributed by atoms with Crippen LogP contribution in [0.15, 0.2) is 24.3 Å². The highest BCUT2D eigenvalue weighted by molar-refractivity contribution is 7.26. The van der Waals surface area contributed by atoms with Gasteiger partial charge in [-0.1, -0.05) is 63.9 Å². The molecule has 0 amide bonds. The quantitative estimate of drug-likeness (QED) is 0.490. The summed E-state index contributed by atoms with van der Waals surface area (Å²) in [6, 6.07) is 10.3. The summed E-state index contributed by atoms with van der Waals surface area (Å²) in [4.78, 5) is 0. The average molecular weight is 269 g/mol. The first kappa shape index (κ1) is 14.8. The zero-order valence-corrected chi connectivity index (χ0v) is 13.2. The van der Waals surface area contributed by atoms with Crippen LogP contribution < -0.4 is 5.19 Å². The summed E-state index contributed by atoms with van der Waals surface area (Å²) in [5, 5.41) is 1.40. The van der Waals surface area contributed by atoms with Crippen LogP contribution in [-0.4, -0.2) is 7.38 Å². The zero-order chi connectivity index (χ0) is 12.7. The third-order valence-corrected chi connectivity index (χ3v) is 7.43. The fraction of sp³-hybridized carbons (Fsp3) is 0.600. The molecule has 0 aromatic heterocycles. The largest absolute Gasteiger partial charge is 0.183 e. The number of aryl methyl sites for hydroxylation is 1. The molecule has 0 aliphatic heterocycles. The second kappa shape index (κ2) is 7.23. The summed E-state index contributed by atoms with van der Waals surface area (Å²) in [7, 11) is -1.68.